The van der Waals surface area contributed by atoms with Gasteiger partial charge in [-0.3, -0.25) is 0 Å². The number of hydrogen-bond donors (Lipinski definition) is 2. The number of amides is 1. The van der Waals surface area contributed by atoms with Crippen molar-refractivity contribution in [2.45, 2.75) is 39.2 Å². The number of ether oxygens (including phenoxy) is 1. The average molecular weight is 409 g/mol. The van der Waals surface area contributed by atoms with Crippen LogP contribution in [0.25, 0.3) is 0 Å². The van der Waals surface area contributed by atoms with Gasteiger partial charge in [0, 0.05) is 26.2 Å². The second-order valence-corrected chi connectivity index (χ2v) is 8.03. The lowest BCUT2D eigenvalue weighted by Crippen LogP contribution is -2.35. The first-order chi connectivity index (χ1) is 14.4. The fourth-order valence-electron chi connectivity index (χ4n) is 3.22. The normalized spacial score (nSPS) is 13.6. The Balaban J connectivity index is 1.60. The number of aromatic nitrogens is 3. The second kappa shape index (κ2) is 9.39. The lowest BCUT2D eigenvalue weighted by atomic mass is 10.0. The highest BCUT2D eigenvalue weighted by Crippen LogP contribution is 2.22. The van der Waals surface area contributed by atoms with Crippen LogP contribution in [0.2, 0.25) is 0 Å². The Morgan fingerprint density at radius 1 is 1.17 bits per heavy atom. The van der Waals surface area contributed by atoms with E-state index in [1.165, 1.54) is 11.1 Å². The van der Waals surface area contributed by atoms with E-state index < -0.39 is 11.7 Å². The lowest BCUT2D eigenvalue weighted by molar-refractivity contribution is 0.0530. The fraction of sp³-hybridized carbons (Fsp3) is 0.476. The number of hydrogen-bond acceptors (Lipinski definition) is 8. The third-order valence-electron chi connectivity index (χ3n) is 4.57. The first-order valence-electron chi connectivity index (χ1n) is 10.0. The molecule has 0 radical (unpaired) electrons. The van der Waals surface area contributed by atoms with Crippen LogP contribution < -0.4 is 15.5 Å². The maximum atomic E-state index is 11.7. The average Bonchev–Trinajstić information content (AvgIpc) is 2.92. The molecule has 0 spiro atoms. The van der Waals surface area contributed by atoms with Crippen LogP contribution in [-0.4, -0.2) is 53.1 Å². The van der Waals surface area contributed by atoms with Crippen molar-refractivity contribution in [3.05, 3.63) is 41.1 Å². The largest absolute Gasteiger partial charge is 0.444 e. The number of carbonyl (C=O) groups excluding carboxylic acids is 1. The van der Waals surface area contributed by atoms with Crippen LogP contribution in [0.1, 0.15) is 37.6 Å². The van der Waals surface area contributed by atoms with Gasteiger partial charge in [-0.25, -0.2) is 4.79 Å². The van der Waals surface area contributed by atoms with Crippen LogP contribution in [0.3, 0.4) is 0 Å². The molecule has 0 saturated heterocycles. The zero-order chi connectivity index (χ0) is 21.6. The molecule has 2 heterocycles. The van der Waals surface area contributed by atoms with Crippen molar-refractivity contribution in [1.82, 2.24) is 20.5 Å². The first kappa shape index (κ1) is 21.3. The van der Waals surface area contributed by atoms with Gasteiger partial charge in [-0.1, -0.05) is 24.3 Å². The summed E-state index contributed by atoms with van der Waals surface area (Å²) in [5.74, 6) is 0.847. The Labute approximate surface area is 176 Å². The summed E-state index contributed by atoms with van der Waals surface area (Å²) in [6, 6.07) is 10.5. The summed E-state index contributed by atoms with van der Waals surface area (Å²) in [6.45, 7) is 7.68. The Bertz CT molecular complexity index is 907. The Hall–Kier alpha value is -3.41. The first-order valence-corrected chi connectivity index (χ1v) is 10.0. The van der Waals surface area contributed by atoms with E-state index in [9.17, 15) is 10.1 Å². The zero-order valence-electron chi connectivity index (χ0n) is 17.6. The molecule has 1 aromatic heterocycles. The van der Waals surface area contributed by atoms with Crippen molar-refractivity contribution in [2.75, 3.05) is 36.4 Å². The minimum Gasteiger partial charge on any atom is -0.444 e. The Kier molecular flexibility index (Phi) is 6.67. The molecule has 0 aliphatic carbocycles. The van der Waals surface area contributed by atoms with Crippen molar-refractivity contribution in [3.63, 3.8) is 0 Å². The van der Waals surface area contributed by atoms with Crippen molar-refractivity contribution in [3.8, 4) is 6.07 Å². The number of anilines is 2. The quantitative estimate of drug-likeness (QED) is 0.723. The monoisotopic (exact) mass is 409 g/mol. The summed E-state index contributed by atoms with van der Waals surface area (Å²) >= 11 is 0. The van der Waals surface area contributed by atoms with E-state index in [4.69, 9.17) is 4.74 Å². The molecule has 158 valence electrons. The van der Waals surface area contributed by atoms with Crippen LogP contribution in [0.4, 0.5) is 16.6 Å². The molecule has 30 heavy (non-hydrogen) atoms. The summed E-state index contributed by atoms with van der Waals surface area (Å²) in [5, 5.41) is 23.2. The van der Waals surface area contributed by atoms with Crippen LogP contribution in [0.15, 0.2) is 24.3 Å². The predicted molar refractivity (Wildman–Crippen MR) is 113 cm³/mol. The molecule has 0 fully saturated rings. The van der Waals surface area contributed by atoms with Crippen molar-refractivity contribution < 1.29 is 9.53 Å². The van der Waals surface area contributed by atoms with Gasteiger partial charge < -0.3 is 20.3 Å². The molecule has 1 amide bonds. The molecule has 0 bridgehead atoms. The fourth-order valence-corrected chi connectivity index (χ4v) is 3.22. The molecule has 9 heteroatoms. The van der Waals surface area contributed by atoms with Crippen molar-refractivity contribution in [2.24, 2.45) is 0 Å². The van der Waals surface area contributed by atoms with Gasteiger partial charge in [0.05, 0.1) is 0 Å². The van der Waals surface area contributed by atoms with Crippen LogP contribution >= 0.6 is 0 Å². The van der Waals surface area contributed by atoms with Gasteiger partial charge >= 0.3 is 6.09 Å². The zero-order valence-corrected chi connectivity index (χ0v) is 17.6. The summed E-state index contributed by atoms with van der Waals surface area (Å²) in [7, 11) is 0. The van der Waals surface area contributed by atoms with Gasteiger partial charge in [-0.2, -0.15) is 10.2 Å². The molecule has 2 N–H and O–H groups in total. The number of nitrogens with one attached hydrogen (secondary N) is 2. The molecule has 2 aromatic rings. The molecular weight excluding hydrogens is 382 g/mol. The standard InChI is InChI=1S/C21H27N7O2/c1-21(2,3)30-20(29)24-11-10-23-19-25-18(17(14-22)26-27-19)28-12-8-15-6-4-5-7-16(15)9-13-28/h4-7H,8-13H2,1-3H3,(H,24,29)(H,23,25,27). The number of nitriles is 1. The molecule has 0 saturated carbocycles. The third kappa shape index (κ3) is 5.80. The molecular formula is C21H27N7O2. The molecule has 3 rings (SSSR count). The topological polar surface area (TPSA) is 116 Å². The number of benzene rings is 1. The van der Waals surface area contributed by atoms with Gasteiger partial charge in [0.1, 0.15) is 11.7 Å². The van der Waals surface area contributed by atoms with E-state index >= 15 is 0 Å². The number of rotatable bonds is 5. The number of carbonyl (C=O) groups is 1. The molecule has 0 unspecified atom stereocenters. The molecule has 1 aliphatic rings. The molecule has 1 aliphatic heterocycles. The van der Waals surface area contributed by atoms with E-state index in [-0.39, 0.29) is 5.69 Å². The number of alkyl carbamates (subject to hydrolysis) is 1. The van der Waals surface area contributed by atoms with Gasteiger partial charge in [-0.15, -0.1) is 10.2 Å². The SMILES string of the molecule is CC(C)(C)OC(=O)NCCNc1nnc(C#N)c(N2CCc3ccccc3CC2)n1. The minimum atomic E-state index is -0.542. The smallest absolute Gasteiger partial charge is 0.407 e. The summed E-state index contributed by atoms with van der Waals surface area (Å²) in [6.07, 6.45) is 1.29. The summed E-state index contributed by atoms with van der Waals surface area (Å²) in [5.41, 5.74) is 2.32. The van der Waals surface area contributed by atoms with Crippen molar-refractivity contribution >= 4 is 17.9 Å². The lowest BCUT2D eigenvalue weighted by Gasteiger charge is -2.22. The van der Waals surface area contributed by atoms with Crippen LogP contribution in [0.5, 0.6) is 0 Å². The summed E-state index contributed by atoms with van der Waals surface area (Å²) in [4.78, 5) is 18.3. The maximum absolute atomic E-state index is 11.7. The van der Waals surface area contributed by atoms with E-state index in [0.29, 0.717) is 24.9 Å². The van der Waals surface area contributed by atoms with Crippen LogP contribution in [0, 0.1) is 11.3 Å². The maximum Gasteiger partial charge on any atom is 0.407 e. The Morgan fingerprint density at radius 3 is 2.43 bits per heavy atom. The van der Waals surface area contributed by atoms with E-state index in [2.05, 4.69) is 61.0 Å². The third-order valence-corrected chi connectivity index (χ3v) is 4.57. The highest BCUT2D eigenvalue weighted by Gasteiger charge is 2.20. The Morgan fingerprint density at radius 2 is 1.83 bits per heavy atom. The number of nitrogens with zero attached hydrogens (tertiary/aromatic N) is 5. The van der Waals surface area contributed by atoms with E-state index in [1.54, 1.807) is 0 Å². The van der Waals surface area contributed by atoms with Gasteiger partial charge in [0.15, 0.2) is 5.82 Å². The van der Waals surface area contributed by atoms with Gasteiger partial charge in [-0.05, 0) is 44.7 Å². The second-order valence-electron chi connectivity index (χ2n) is 8.03. The van der Waals surface area contributed by atoms with Crippen LogP contribution in [-0.2, 0) is 17.6 Å². The highest BCUT2D eigenvalue weighted by molar-refractivity contribution is 5.67. The number of fused-ring (bicyclic) bond motifs is 1. The van der Waals surface area contributed by atoms with E-state index in [1.807, 2.05) is 20.8 Å². The van der Waals surface area contributed by atoms with Gasteiger partial charge in [0.2, 0.25) is 11.6 Å². The molecule has 1 aromatic carbocycles. The van der Waals surface area contributed by atoms with Gasteiger partial charge in [0.25, 0.3) is 0 Å². The molecule has 9 nitrogen and oxygen atoms in total. The predicted octanol–water partition coefficient (Wildman–Crippen LogP) is 2.29. The van der Waals surface area contributed by atoms with E-state index in [0.717, 1.165) is 25.9 Å². The molecule has 0 atom stereocenters. The highest BCUT2D eigenvalue weighted by atomic mass is 16.6. The van der Waals surface area contributed by atoms with Crippen molar-refractivity contribution in [1.29, 1.82) is 5.26 Å². The minimum absolute atomic E-state index is 0.207. The summed E-state index contributed by atoms with van der Waals surface area (Å²) < 4.78 is 5.19.